The molecule has 88 valence electrons. The first-order chi connectivity index (χ1) is 7.79. The van der Waals surface area contributed by atoms with Crippen LogP contribution in [0.3, 0.4) is 0 Å². The number of hydrogen-bond acceptors (Lipinski definition) is 1. The molecular formula is C15H23N. The fourth-order valence-corrected chi connectivity index (χ4v) is 3.06. The molecule has 16 heavy (non-hydrogen) atoms. The molecule has 0 aliphatic carbocycles. The van der Waals surface area contributed by atoms with E-state index in [9.17, 15) is 0 Å². The van der Waals surface area contributed by atoms with Gasteiger partial charge in [0.25, 0.3) is 0 Å². The van der Waals surface area contributed by atoms with Gasteiger partial charge < -0.3 is 5.32 Å². The van der Waals surface area contributed by atoms with Gasteiger partial charge in [0.2, 0.25) is 0 Å². The van der Waals surface area contributed by atoms with Crippen molar-refractivity contribution in [3.8, 4) is 0 Å². The summed E-state index contributed by atoms with van der Waals surface area (Å²) in [7, 11) is 0. The summed E-state index contributed by atoms with van der Waals surface area (Å²) in [6.07, 6.45) is 2.71. The van der Waals surface area contributed by atoms with Crippen molar-refractivity contribution in [2.24, 2.45) is 11.8 Å². The average molecular weight is 217 g/mol. The van der Waals surface area contributed by atoms with Crippen LogP contribution in [-0.2, 0) is 0 Å². The van der Waals surface area contributed by atoms with Crippen molar-refractivity contribution in [2.75, 3.05) is 13.1 Å². The first-order valence-electron chi connectivity index (χ1n) is 6.54. The van der Waals surface area contributed by atoms with E-state index in [4.69, 9.17) is 0 Å². The molecule has 1 aliphatic heterocycles. The van der Waals surface area contributed by atoms with Gasteiger partial charge in [-0.05, 0) is 49.2 Å². The maximum absolute atomic E-state index is 3.54. The van der Waals surface area contributed by atoms with E-state index in [1.54, 1.807) is 0 Å². The minimum Gasteiger partial charge on any atom is -0.316 e. The van der Waals surface area contributed by atoms with Crippen LogP contribution in [0, 0.1) is 11.8 Å². The Hall–Kier alpha value is -0.820. The van der Waals surface area contributed by atoms with E-state index in [2.05, 4.69) is 49.5 Å². The van der Waals surface area contributed by atoms with Crippen LogP contribution >= 0.6 is 0 Å². The predicted molar refractivity (Wildman–Crippen MR) is 69.6 cm³/mol. The number of hydrogen-bond donors (Lipinski definition) is 1. The molecule has 2 atom stereocenters. The highest BCUT2D eigenvalue weighted by Crippen LogP contribution is 2.35. The summed E-state index contributed by atoms with van der Waals surface area (Å²) in [5.74, 6) is 2.26. The number of piperidine rings is 1. The smallest absolute Gasteiger partial charge is 0.00146 e. The second kappa shape index (κ2) is 5.49. The Kier molecular flexibility index (Phi) is 4.00. The molecule has 0 spiro atoms. The Labute approximate surface area is 99.3 Å². The van der Waals surface area contributed by atoms with Crippen LogP contribution in [-0.4, -0.2) is 13.1 Å². The molecule has 0 bridgehead atoms. The van der Waals surface area contributed by atoms with Crippen molar-refractivity contribution < 1.29 is 0 Å². The van der Waals surface area contributed by atoms with Gasteiger partial charge in [-0.1, -0.05) is 44.2 Å². The zero-order valence-electron chi connectivity index (χ0n) is 10.4. The van der Waals surface area contributed by atoms with Crippen molar-refractivity contribution >= 4 is 0 Å². The third-order valence-electron chi connectivity index (χ3n) is 3.75. The molecule has 0 radical (unpaired) electrons. The van der Waals surface area contributed by atoms with E-state index in [-0.39, 0.29) is 0 Å². The van der Waals surface area contributed by atoms with Gasteiger partial charge >= 0.3 is 0 Å². The van der Waals surface area contributed by atoms with Gasteiger partial charge in [-0.25, -0.2) is 0 Å². The normalized spacial score (nSPS) is 23.3. The fourth-order valence-electron chi connectivity index (χ4n) is 3.06. The predicted octanol–water partition coefficient (Wildman–Crippen LogP) is 3.43. The van der Waals surface area contributed by atoms with Gasteiger partial charge in [0.1, 0.15) is 0 Å². The Morgan fingerprint density at radius 2 is 1.94 bits per heavy atom. The first-order valence-corrected chi connectivity index (χ1v) is 6.54. The molecule has 2 unspecified atom stereocenters. The summed E-state index contributed by atoms with van der Waals surface area (Å²) >= 11 is 0. The van der Waals surface area contributed by atoms with Gasteiger partial charge in [0.05, 0.1) is 0 Å². The number of benzene rings is 1. The molecular weight excluding hydrogens is 194 g/mol. The van der Waals surface area contributed by atoms with E-state index in [1.165, 1.54) is 31.5 Å². The van der Waals surface area contributed by atoms with Gasteiger partial charge in [-0.15, -0.1) is 0 Å². The summed E-state index contributed by atoms with van der Waals surface area (Å²) in [6, 6.07) is 11.0. The largest absolute Gasteiger partial charge is 0.316 e. The summed E-state index contributed by atoms with van der Waals surface area (Å²) in [4.78, 5) is 0. The van der Waals surface area contributed by atoms with Crippen LogP contribution in [0.25, 0.3) is 0 Å². The Morgan fingerprint density at radius 3 is 2.50 bits per heavy atom. The second-order valence-electron chi connectivity index (χ2n) is 5.29. The highest BCUT2D eigenvalue weighted by atomic mass is 14.9. The Bertz CT molecular complexity index is 298. The molecule has 1 nitrogen and oxygen atoms in total. The highest BCUT2D eigenvalue weighted by Gasteiger charge is 2.27. The molecule has 1 saturated heterocycles. The highest BCUT2D eigenvalue weighted by molar-refractivity contribution is 5.21. The molecule has 1 N–H and O–H groups in total. The third-order valence-corrected chi connectivity index (χ3v) is 3.75. The molecule has 1 fully saturated rings. The molecule has 0 saturated carbocycles. The molecule has 1 heteroatoms. The summed E-state index contributed by atoms with van der Waals surface area (Å²) in [5.41, 5.74) is 1.52. The van der Waals surface area contributed by atoms with Crippen LogP contribution in [0.15, 0.2) is 30.3 Å². The monoisotopic (exact) mass is 217 g/mol. The van der Waals surface area contributed by atoms with E-state index in [0.29, 0.717) is 5.92 Å². The lowest BCUT2D eigenvalue weighted by molar-refractivity contribution is 0.275. The van der Waals surface area contributed by atoms with E-state index >= 15 is 0 Å². The summed E-state index contributed by atoms with van der Waals surface area (Å²) in [5, 5.41) is 3.54. The van der Waals surface area contributed by atoms with Crippen molar-refractivity contribution in [1.82, 2.24) is 5.32 Å². The fraction of sp³-hybridized carbons (Fsp3) is 0.600. The van der Waals surface area contributed by atoms with Gasteiger partial charge in [-0.2, -0.15) is 0 Å². The molecule has 0 aromatic heterocycles. The lowest BCUT2D eigenvalue weighted by atomic mass is 9.75. The lowest BCUT2D eigenvalue weighted by Gasteiger charge is -2.33. The van der Waals surface area contributed by atoms with Crippen molar-refractivity contribution in [3.05, 3.63) is 35.9 Å². The van der Waals surface area contributed by atoms with Crippen LogP contribution < -0.4 is 5.32 Å². The average Bonchev–Trinajstić information content (AvgIpc) is 2.31. The molecule has 1 aromatic rings. The zero-order valence-corrected chi connectivity index (χ0v) is 10.4. The Morgan fingerprint density at radius 1 is 1.19 bits per heavy atom. The minimum atomic E-state index is 0.717. The van der Waals surface area contributed by atoms with Crippen LogP contribution in [0.5, 0.6) is 0 Å². The second-order valence-corrected chi connectivity index (χ2v) is 5.29. The van der Waals surface area contributed by atoms with E-state index in [0.717, 1.165) is 11.8 Å². The number of rotatable bonds is 3. The third kappa shape index (κ3) is 2.65. The maximum Gasteiger partial charge on any atom is -0.00146 e. The zero-order chi connectivity index (χ0) is 11.4. The Balaban J connectivity index is 2.16. The number of nitrogens with one attached hydrogen (secondary N) is 1. The first kappa shape index (κ1) is 11.7. The molecule has 2 rings (SSSR count). The van der Waals surface area contributed by atoms with Crippen LogP contribution in [0.4, 0.5) is 0 Å². The van der Waals surface area contributed by atoms with E-state index < -0.39 is 0 Å². The van der Waals surface area contributed by atoms with Gasteiger partial charge in [-0.3, -0.25) is 0 Å². The van der Waals surface area contributed by atoms with Crippen LogP contribution in [0.1, 0.15) is 38.2 Å². The molecule has 1 aliphatic rings. The minimum absolute atomic E-state index is 0.717. The van der Waals surface area contributed by atoms with Crippen molar-refractivity contribution in [2.45, 2.75) is 32.6 Å². The van der Waals surface area contributed by atoms with Crippen molar-refractivity contribution in [1.29, 1.82) is 0 Å². The van der Waals surface area contributed by atoms with Gasteiger partial charge in [0, 0.05) is 0 Å². The van der Waals surface area contributed by atoms with E-state index in [1.807, 2.05) is 0 Å². The summed E-state index contributed by atoms with van der Waals surface area (Å²) < 4.78 is 0. The SMILES string of the molecule is CC(C)C(c1ccccc1)C1CCCNC1. The lowest BCUT2D eigenvalue weighted by Crippen LogP contribution is -2.34. The maximum atomic E-state index is 3.54. The standard InChI is InChI=1S/C15H23N/c1-12(2)15(13-7-4-3-5-8-13)14-9-6-10-16-11-14/h3-5,7-8,12,14-16H,6,9-11H2,1-2H3. The topological polar surface area (TPSA) is 12.0 Å². The van der Waals surface area contributed by atoms with Gasteiger partial charge in [0.15, 0.2) is 0 Å². The summed E-state index contributed by atoms with van der Waals surface area (Å²) in [6.45, 7) is 7.10. The quantitative estimate of drug-likeness (QED) is 0.818. The molecule has 1 heterocycles. The molecule has 1 aromatic carbocycles. The van der Waals surface area contributed by atoms with Crippen LogP contribution in [0.2, 0.25) is 0 Å². The molecule has 0 amide bonds. The van der Waals surface area contributed by atoms with Crippen molar-refractivity contribution in [3.63, 3.8) is 0 Å².